The van der Waals surface area contributed by atoms with Crippen LogP contribution in [-0.4, -0.2) is 14.8 Å². The first-order valence-corrected chi connectivity index (χ1v) is 5.46. The maximum Gasteiger partial charge on any atom is 0.0729 e. The van der Waals surface area contributed by atoms with E-state index >= 15 is 0 Å². The number of nitrogens with zero attached hydrogens (tertiary/aromatic N) is 3. The molecule has 2 rings (SSSR count). The molecule has 16 heavy (non-hydrogen) atoms. The minimum Gasteiger partial charge on any atom is -0.377 e. The van der Waals surface area contributed by atoms with Gasteiger partial charge in [-0.1, -0.05) is 6.07 Å². The van der Waals surface area contributed by atoms with Crippen molar-refractivity contribution in [2.45, 2.75) is 26.9 Å². The van der Waals surface area contributed by atoms with Crippen LogP contribution in [0.1, 0.15) is 18.2 Å². The Bertz CT molecular complexity index is 462. The summed E-state index contributed by atoms with van der Waals surface area (Å²) in [4.78, 5) is 4.33. The monoisotopic (exact) mass is 216 g/mol. The van der Waals surface area contributed by atoms with Crippen LogP contribution in [0.25, 0.3) is 0 Å². The molecule has 0 amide bonds. The molecule has 4 nitrogen and oxygen atoms in total. The van der Waals surface area contributed by atoms with E-state index in [0.717, 1.165) is 24.5 Å². The lowest BCUT2D eigenvalue weighted by atomic mass is 10.2. The molecule has 2 aromatic rings. The predicted molar refractivity (Wildman–Crippen MR) is 64.2 cm³/mol. The molecule has 0 aromatic carbocycles. The van der Waals surface area contributed by atoms with E-state index in [4.69, 9.17) is 0 Å². The van der Waals surface area contributed by atoms with Gasteiger partial charge in [0.15, 0.2) is 0 Å². The first-order chi connectivity index (χ1) is 7.79. The second-order valence-electron chi connectivity index (χ2n) is 3.71. The van der Waals surface area contributed by atoms with Gasteiger partial charge in [0.25, 0.3) is 0 Å². The summed E-state index contributed by atoms with van der Waals surface area (Å²) in [6.07, 6.45) is 5.65. The number of rotatable bonds is 4. The van der Waals surface area contributed by atoms with Crippen molar-refractivity contribution in [2.75, 3.05) is 5.32 Å². The number of hydrogen-bond donors (Lipinski definition) is 1. The summed E-state index contributed by atoms with van der Waals surface area (Å²) < 4.78 is 1.90. The van der Waals surface area contributed by atoms with Gasteiger partial charge in [0, 0.05) is 18.9 Å². The third-order valence-corrected chi connectivity index (χ3v) is 2.54. The molecule has 1 N–H and O–H groups in total. The van der Waals surface area contributed by atoms with Crippen molar-refractivity contribution in [3.05, 3.63) is 42.0 Å². The quantitative estimate of drug-likeness (QED) is 0.852. The molecular weight excluding hydrogens is 200 g/mol. The molecule has 0 aliphatic carbocycles. The Balaban J connectivity index is 1.99. The maximum atomic E-state index is 4.33. The van der Waals surface area contributed by atoms with Crippen molar-refractivity contribution in [3.63, 3.8) is 0 Å². The molecule has 0 saturated heterocycles. The highest BCUT2D eigenvalue weighted by Gasteiger charge is 2.00. The normalized spacial score (nSPS) is 10.4. The fourth-order valence-corrected chi connectivity index (χ4v) is 1.52. The fourth-order valence-electron chi connectivity index (χ4n) is 1.52. The average Bonchev–Trinajstić information content (AvgIpc) is 2.76. The third-order valence-electron chi connectivity index (χ3n) is 2.54. The molecule has 2 aromatic heterocycles. The van der Waals surface area contributed by atoms with E-state index in [2.05, 4.69) is 35.3 Å². The Morgan fingerprint density at radius 2 is 2.31 bits per heavy atom. The molecule has 84 valence electrons. The van der Waals surface area contributed by atoms with Crippen LogP contribution in [0.5, 0.6) is 0 Å². The lowest BCUT2D eigenvalue weighted by Crippen LogP contribution is -2.02. The van der Waals surface area contributed by atoms with Crippen molar-refractivity contribution < 1.29 is 0 Å². The smallest absolute Gasteiger partial charge is 0.0729 e. The van der Waals surface area contributed by atoms with Crippen LogP contribution in [0.15, 0.2) is 30.7 Å². The van der Waals surface area contributed by atoms with Gasteiger partial charge < -0.3 is 5.32 Å². The van der Waals surface area contributed by atoms with Crippen molar-refractivity contribution in [1.82, 2.24) is 14.8 Å². The largest absolute Gasteiger partial charge is 0.377 e. The zero-order valence-corrected chi connectivity index (χ0v) is 9.64. The Hall–Kier alpha value is -1.84. The molecule has 0 fully saturated rings. The molecule has 0 saturated carbocycles. The molecule has 0 bridgehead atoms. The summed E-state index contributed by atoms with van der Waals surface area (Å²) >= 11 is 0. The van der Waals surface area contributed by atoms with E-state index in [9.17, 15) is 0 Å². The molecule has 4 heteroatoms. The zero-order chi connectivity index (χ0) is 11.4. The number of aryl methyl sites for hydroxylation is 2. The molecule has 0 spiro atoms. The lowest BCUT2D eigenvalue weighted by Gasteiger charge is -2.05. The van der Waals surface area contributed by atoms with Crippen LogP contribution in [-0.2, 0) is 13.1 Å². The van der Waals surface area contributed by atoms with Crippen molar-refractivity contribution in [2.24, 2.45) is 0 Å². The summed E-state index contributed by atoms with van der Waals surface area (Å²) in [5, 5.41) is 7.51. The summed E-state index contributed by atoms with van der Waals surface area (Å²) in [6.45, 7) is 5.77. The molecule has 0 atom stereocenters. The van der Waals surface area contributed by atoms with E-state index in [0.29, 0.717) is 0 Å². The minimum atomic E-state index is 0.738. The van der Waals surface area contributed by atoms with Crippen molar-refractivity contribution >= 4 is 5.69 Å². The zero-order valence-electron chi connectivity index (χ0n) is 9.64. The van der Waals surface area contributed by atoms with Crippen LogP contribution >= 0.6 is 0 Å². The van der Waals surface area contributed by atoms with Crippen molar-refractivity contribution in [1.29, 1.82) is 0 Å². The Morgan fingerprint density at radius 1 is 1.44 bits per heavy atom. The highest BCUT2D eigenvalue weighted by atomic mass is 15.3. The summed E-state index contributed by atoms with van der Waals surface area (Å²) in [6, 6.07) is 4.02. The molecule has 0 unspecified atom stereocenters. The van der Waals surface area contributed by atoms with Crippen LogP contribution in [0.3, 0.4) is 0 Å². The van der Waals surface area contributed by atoms with Crippen LogP contribution in [0.2, 0.25) is 0 Å². The standard InChI is InChI=1S/C12H16N4/c1-3-16-9-11(7-15-16)14-8-12-10(2)5-4-6-13-12/h4-7,9,14H,3,8H2,1-2H3. The predicted octanol–water partition coefficient (Wildman–Crippen LogP) is 2.22. The second-order valence-corrected chi connectivity index (χ2v) is 3.71. The molecule has 0 aliphatic rings. The highest BCUT2D eigenvalue weighted by molar-refractivity contribution is 5.39. The summed E-state index contributed by atoms with van der Waals surface area (Å²) in [5.74, 6) is 0. The van der Waals surface area contributed by atoms with E-state index in [1.807, 2.05) is 29.3 Å². The lowest BCUT2D eigenvalue weighted by molar-refractivity contribution is 0.660. The number of aromatic nitrogens is 3. The maximum absolute atomic E-state index is 4.33. The molecule has 2 heterocycles. The SMILES string of the molecule is CCn1cc(NCc2ncccc2C)cn1. The van der Waals surface area contributed by atoms with E-state index < -0.39 is 0 Å². The van der Waals surface area contributed by atoms with Gasteiger partial charge in [-0.3, -0.25) is 9.67 Å². The second kappa shape index (κ2) is 4.79. The van der Waals surface area contributed by atoms with E-state index in [1.54, 1.807) is 0 Å². The van der Waals surface area contributed by atoms with Crippen LogP contribution < -0.4 is 5.32 Å². The van der Waals surface area contributed by atoms with Gasteiger partial charge in [-0.15, -0.1) is 0 Å². The van der Waals surface area contributed by atoms with Gasteiger partial charge in [-0.2, -0.15) is 5.10 Å². The van der Waals surface area contributed by atoms with Gasteiger partial charge in [0.1, 0.15) is 0 Å². The molecule has 0 radical (unpaired) electrons. The molecule has 0 aliphatic heterocycles. The summed E-state index contributed by atoms with van der Waals surface area (Å²) in [5.41, 5.74) is 3.32. The third kappa shape index (κ3) is 2.39. The van der Waals surface area contributed by atoms with Gasteiger partial charge in [-0.05, 0) is 25.5 Å². The summed E-state index contributed by atoms with van der Waals surface area (Å²) in [7, 11) is 0. The van der Waals surface area contributed by atoms with Gasteiger partial charge in [0.05, 0.1) is 24.1 Å². The van der Waals surface area contributed by atoms with Crippen LogP contribution in [0.4, 0.5) is 5.69 Å². The number of pyridine rings is 1. The Morgan fingerprint density at radius 3 is 3.00 bits per heavy atom. The fraction of sp³-hybridized carbons (Fsp3) is 0.333. The first-order valence-electron chi connectivity index (χ1n) is 5.46. The van der Waals surface area contributed by atoms with E-state index in [1.165, 1.54) is 5.56 Å². The van der Waals surface area contributed by atoms with Crippen LogP contribution in [0, 0.1) is 6.92 Å². The molecular formula is C12H16N4. The van der Waals surface area contributed by atoms with Gasteiger partial charge >= 0.3 is 0 Å². The number of nitrogens with one attached hydrogen (secondary N) is 1. The first kappa shape index (κ1) is 10.7. The topological polar surface area (TPSA) is 42.7 Å². The van der Waals surface area contributed by atoms with E-state index in [-0.39, 0.29) is 0 Å². The van der Waals surface area contributed by atoms with Gasteiger partial charge in [0.2, 0.25) is 0 Å². The van der Waals surface area contributed by atoms with Crippen molar-refractivity contribution in [3.8, 4) is 0 Å². The average molecular weight is 216 g/mol. The number of hydrogen-bond acceptors (Lipinski definition) is 3. The van der Waals surface area contributed by atoms with Gasteiger partial charge in [-0.25, -0.2) is 0 Å². The Labute approximate surface area is 95.3 Å². The highest BCUT2D eigenvalue weighted by Crippen LogP contribution is 2.09. The Kier molecular flexibility index (Phi) is 3.19. The number of anilines is 1. The minimum absolute atomic E-state index is 0.738.